The van der Waals surface area contributed by atoms with E-state index in [2.05, 4.69) is 0 Å². The fourth-order valence-corrected chi connectivity index (χ4v) is 1.69. The highest BCUT2D eigenvalue weighted by atomic mass is 16.4. The number of phenolic OH excluding ortho intramolecular Hbond substituents is 1. The first kappa shape index (κ1) is 11.2. The number of para-hydroxylation sites is 1. The first-order valence-corrected chi connectivity index (χ1v) is 5.24. The van der Waals surface area contributed by atoms with Gasteiger partial charge in [0.05, 0.1) is 0 Å². The van der Waals surface area contributed by atoms with E-state index in [1.807, 2.05) is 12.1 Å². The Morgan fingerprint density at radius 2 is 1.71 bits per heavy atom. The van der Waals surface area contributed by atoms with Gasteiger partial charge in [-0.05, 0) is 17.2 Å². The van der Waals surface area contributed by atoms with Crippen molar-refractivity contribution in [1.29, 1.82) is 0 Å². The Hall–Kier alpha value is -2.29. The number of aromatic hydroxyl groups is 1. The Labute approximate surface area is 99.0 Å². The Morgan fingerprint density at radius 3 is 2.29 bits per heavy atom. The predicted molar refractivity (Wildman–Crippen MR) is 62.3 cm³/mol. The summed E-state index contributed by atoms with van der Waals surface area (Å²) in [5.41, 5.74) is 2.27. The molecule has 86 valence electrons. The summed E-state index contributed by atoms with van der Waals surface area (Å²) in [5.74, 6) is -0.888. The molecule has 3 nitrogen and oxygen atoms in total. The minimum atomic E-state index is -1.10. The molecule has 0 saturated heterocycles. The fourth-order valence-electron chi connectivity index (χ4n) is 1.69. The van der Waals surface area contributed by atoms with Crippen molar-refractivity contribution in [2.75, 3.05) is 0 Å². The van der Waals surface area contributed by atoms with E-state index < -0.39 is 5.97 Å². The summed E-state index contributed by atoms with van der Waals surface area (Å²) in [6, 6.07) is 14.0. The molecule has 0 amide bonds. The van der Waals surface area contributed by atoms with Gasteiger partial charge >= 0.3 is 0 Å². The van der Waals surface area contributed by atoms with Gasteiger partial charge in [0.1, 0.15) is 5.75 Å². The third-order valence-electron chi connectivity index (χ3n) is 2.52. The third-order valence-corrected chi connectivity index (χ3v) is 2.52. The molecule has 0 aliphatic carbocycles. The smallest absolute Gasteiger partial charge is 0.123 e. The van der Waals surface area contributed by atoms with Crippen molar-refractivity contribution in [3.8, 4) is 16.9 Å². The van der Waals surface area contributed by atoms with Crippen LogP contribution in [-0.2, 0) is 11.2 Å². The third kappa shape index (κ3) is 2.64. The van der Waals surface area contributed by atoms with Gasteiger partial charge in [0.15, 0.2) is 0 Å². The van der Waals surface area contributed by atoms with E-state index in [0.29, 0.717) is 5.56 Å². The highest BCUT2D eigenvalue weighted by Gasteiger charge is 2.02. The molecule has 0 spiro atoms. The van der Waals surface area contributed by atoms with Crippen LogP contribution in [0.3, 0.4) is 0 Å². The second-order valence-electron chi connectivity index (χ2n) is 3.76. The summed E-state index contributed by atoms with van der Waals surface area (Å²) in [7, 11) is 0. The highest BCUT2D eigenvalue weighted by Crippen LogP contribution is 2.28. The van der Waals surface area contributed by atoms with Crippen LogP contribution in [0.1, 0.15) is 5.56 Å². The largest absolute Gasteiger partial charge is 0.550 e. The molecular weight excluding hydrogens is 216 g/mol. The lowest BCUT2D eigenvalue weighted by atomic mass is 10.0. The zero-order chi connectivity index (χ0) is 12.3. The van der Waals surface area contributed by atoms with E-state index in [9.17, 15) is 15.0 Å². The minimum absolute atomic E-state index is 0.0962. The number of carbonyl (C=O) groups is 1. The molecule has 0 aliphatic heterocycles. The molecule has 2 aromatic rings. The Balaban J connectivity index is 2.30. The van der Waals surface area contributed by atoms with Crippen molar-refractivity contribution in [3.63, 3.8) is 0 Å². The summed E-state index contributed by atoms with van der Waals surface area (Å²) in [5, 5.41) is 20.1. The van der Waals surface area contributed by atoms with Crippen molar-refractivity contribution < 1.29 is 15.0 Å². The van der Waals surface area contributed by atoms with Crippen LogP contribution in [-0.4, -0.2) is 11.1 Å². The normalized spacial score (nSPS) is 10.1. The van der Waals surface area contributed by atoms with E-state index in [1.165, 1.54) is 0 Å². The fraction of sp³-hybridized carbons (Fsp3) is 0.0714. The summed E-state index contributed by atoms with van der Waals surface area (Å²) in [4.78, 5) is 10.4. The molecule has 3 heteroatoms. The van der Waals surface area contributed by atoms with Gasteiger partial charge < -0.3 is 15.0 Å². The number of hydrogen-bond acceptors (Lipinski definition) is 3. The molecular formula is C14H11O3-. The number of carbonyl (C=O) groups excluding carboxylic acids is 1. The number of carboxylic acids is 1. The van der Waals surface area contributed by atoms with Crippen LogP contribution in [0.5, 0.6) is 5.75 Å². The molecule has 0 fully saturated rings. The van der Waals surface area contributed by atoms with E-state index in [0.717, 1.165) is 11.1 Å². The van der Waals surface area contributed by atoms with Gasteiger partial charge in [-0.15, -0.1) is 0 Å². The van der Waals surface area contributed by atoms with Crippen molar-refractivity contribution in [1.82, 2.24) is 0 Å². The first-order chi connectivity index (χ1) is 8.16. The predicted octanol–water partition coefficient (Wildman–Crippen LogP) is 1.35. The maximum absolute atomic E-state index is 10.4. The lowest BCUT2D eigenvalue weighted by Crippen LogP contribution is -2.24. The number of hydrogen-bond donors (Lipinski definition) is 1. The Kier molecular flexibility index (Phi) is 3.10. The van der Waals surface area contributed by atoms with Crippen LogP contribution < -0.4 is 5.11 Å². The lowest BCUT2D eigenvalue weighted by molar-refractivity contribution is -0.304. The first-order valence-electron chi connectivity index (χ1n) is 5.24. The molecule has 2 rings (SSSR count). The van der Waals surface area contributed by atoms with Crippen LogP contribution in [0, 0.1) is 0 Å². The maximum Gasteiger partial charge on any atom is 0.123 e. The SMILES string of the molecule is O=C([O-])Cc1ccc(-c2ccccc2O)cc1. The van der Waals surface area contributed by atoms with Crippen LogP contribution in [0.25, 0.3) is 11.1 Å². The molecule has 0 saturated carbocycles. The van der Waals surface area contributed by atoms with Gasteiger partial charge in [-0.1, -0.05) is 42.5 Å². The van der Waals surface area contributed by atoms with Crippen molar-refractivity contribution in [2.24, 2.45) is 0 Å². The number of aliphatic carboxylic acids is 1. The van der Waals surface area contributed by atoms with Crippen LogP contribution in [0.15, 0.2) is 48.5 Å². The molecule has 0 aromatic heterocycles. The molecule has 17 heavy (non-hydrogen) atoms. The van der Waals surface area contributed by atoms with Gasteiger partial charge in [-0.3, -0.25) is 0 Å². The summed E-state index contributed by atoms with van der Waals surface area (Å²) >= 11 is 0. The van der Waals surface area contributed by atoms with Crippen LogP contribution >= 0.6 is 0 Å². The van der Waals surface area contributed by atoms with Crippen LogP contribution in [0.2, 0.25) is 0 Å². The number of rotatable bonds is 3. The zero-order valence-electron chi connectivity index (χ0n) is 9.09. The van der Waals surface area contributed by atoms with Gasteiger partial charge in [-0.25, -0.2) is 0 Å². The molecule has 0 radical (unpaired) electrons. The second kappa shape index (κ2) is 4.70. The highest BCUT2D eigenvalue weighted by molar-refractivity contribution is 5.72. The van der Waals surface area contributed by atoms with Crippen molar-refractivity contribution in [3.05, 3.63) is 54.1 Å². The quantitative estimate of drug-likeness (QED) is 0.861. The standard InChI is InChI=1S/C14H12O3/c15-13-4-2-1-3-12(13)11-7-5-10(6-8-11)9-14(16)17/h1-8,15H,9H2,(H,16,17)/p-1. The van der Waals surface area contributed by atoms with Crippen molar-refractivity contribution in [2.45, 2.75) is 6.42 Å². The molecule has 1 N–H and O–H groups in total. The maximum atomic E-state index is 10.4. The van der Waals surface area contributed by atoms with Crippen molar-refractivity contribution >= 4 is 5.97 Å². The summed E-state index contributed by atoms with van der Waals surface area (Å²) in [6.07, 6.45) is -0.0962. The topological polar surface area (TPSA) is 60.4 Å². The van der Waals surface area contributed by atoms with Gasteiger partial charge in [0.25, 0.3) is 0 Å². The molecule has 2 aromatic carbocycles. The van der Waals surface area contributed by atoms with E-state index in [4.69, 9.17) is 0 Å². The molecule has 0 heterocycles. The molecule has 0 atom stereocenters. The van der Waals surface area contributed by atoms with Crippen LogP contribution in [0.4, 0.5) is 0 Å². The number of benzene rings is 2. The molecule has 0 aliphatic rings. The number of phenols is 1. The van der Waals surface area contributed by atoms with E-state index in [1.54, 1.807) is 36.4 Å². The van der Waals surface area contributed by atoms with E-state index >= 15 is 0 Å². The van der Waals surface area contributed by atoms with E-state index in [-0.39, 0.29) is 12.2 Å². The Morgan fingerprint density at radius 1 is 1.06 bits per heavy atom. The second-order valence-corrected chi connectivity index (χ2v) is 3.76. The van der Waals surface area contributed by atoms with Gasteiger partial charge in [0, 0.05) is 18.0 Å². The molecule has 0 bridgehead atoms. The zero-order valence-corrected chi connectivity index (χ0v) is 9.09. The van der Waals surface area contributed by atoms with Gasteiger partial charge in [0.2, 0.25) is 0 Å². The number of carboxylic acid groups (broad SMARTS) is 1. The average molecular weight is 227 g/mol. The summed E-state index contributed by atoms with van der Waals surface area (Å²) < 4.78 is 0. The lowest BCUT2D eigenvalue weighted by Gasteiger charge is -2.06. The Bertz CT molecular complexity index is 529. The van der Waals surface area contributed by atoms with Gasteiger partial charge in [-0.2, -0.15) is 0 Å². The summed E-state index contributed by atoms with van der Waals surface area (Å²) in [6.45, 7) is 0. The minimum Gasteiger partial charge on any atom is -0.550 e. The average Bonchev–Trinajstić information content (AvgIpc) is 2.30. The molecule has 0 unspecified atom stereocenters. The monoisotopic (exact) mass is 227 g/mol.